The quantitative estimate of drug-likeness (QED) is 0.213. The zero-order valence-electron chi connectivity index (χ0n) is 24.4. The number of methoxy groups -OCH3 is 1. The van der Waals surface area contributed by atoms with Gasteiger partial charge in [-0.2, -0.15) is 5.10 Å². The summed E-state index contributed by atoms with van der Waals surface area (Å²) in [7, 11) is 1.69. The van der Waals surface area contributed by atoms with Crippen molar-refractivity contribution in [2.45, 2.75) is 18.9 Å². The largest absolute Gasteiger partial charge is 0.395 e. The fourth-order valence-corrected chi connectivity index (χ4v) is 5.42. The summed E-state index contributed by atoms with van der Waals surface area (Å²) in [6, 6.07) is 22.8. The van der Waals surface area contributed by atoms with Crippen LogP contribution in [0.15, 0.2) is 79.0 Å². The van der Waals surface area contributed by atoms with Crippen LogP contribution in [0.4, 0.5) is 10.6 Å². The van der Waals surface area contributed by atoms with Crippen LogP contribution in [0.1, 0.15) is 27.5 Å². The van der Waals surface area contributed by atoms with Crippen LogP contribution in [0, 0.1) is 6.92 Å². The molecule has 5 rings (SSSR count). The number of hydrogen-bond donors (Lipinski definition) is 4. The van der Waals surface area contributed by atoms with Gasteiger partial charge in [-0.1, -0.05) is 48.5 Å². The molecular formula is C32H37N7O4. The van der Waals surface area contributed by atoms with Crippen molar-refractivity contribution in [3.63, 3.8) is 0 Å². The number of aromatic nitrogens is 3. The van der Waals surface area contributed by atoms with Gasteiger partial charge in [0.05, 0.1) is 30.6 Å². The molecule has 0 bridgehead atoms. The number of aliphatic hydroxyl groups is 1. The van der Waals surface area contributed by atoms with Crippen LogP contribution in [0.5, 0.6) is 0 Å². The summed E-state index contributed by atoms with van der Waals surface area (Å²) in [5, 5.41) is 22.8. The molecule has 3 heterocycles. The lowest BCUT2D eigenvalue weighted by Crippen LogP contribution is -2.42. The maximum Gasteiger partial charge on any atom is 0.320 e. The Morgan fingerprint density at radius 3 is 2.51 bits per heavy atom. The van der Waals surface area contributed by atoms with Gasteiger partial charge in [0.1, 0.15) is 11.5 Å². The van der Waals surface area contributed by atoms with Crippen LogP contribution < -0.4 is 16.0 Å². The number of nitrogens with one attached hydrogen (secondary N) is 3. The van der Waals surface area contributed by atoms with E-state index in [4.69, 9.17) is 14.9 Å². The fraction of sp³-hybridized carbons (Fsp3) is 0.312. The third kappa shape index (κ3) is 7.08. The molecule has 1 aliphatic heterocycles. The van der Waals surface area contributed by atoms with Crippen LogP contribution in [0.2, 0.25) is 0 Å². The predicted octanol–water partition coefficient (Wildman–Crippen LogP) is 3.20. The van der Waals surface area contributed by atoms with Crippen LogP contribution in [0.25, 0.3) is 16.9 Å². The number of nitrogens with zero attached hydrogens (tertiary/aromatic N) is 4. The Bertz CT molecular complexity index is 1530. The maximum absolute atomic E-state index is 13.6. The fourth-order valence-electron chi connectivity index (χ4n) is 5.42. The molecule has 1 fully saturated rings. The Balaban J connectivity index is 1.42. The number of urea groups is 1. The molecule has 11 heteroatoms. The highest BCUT2D eigenvalue weighted by Crippen LogP contribution is 2.31. The molecule has 0 unspecified atom stereocenters. The monoisotopic (exact) mass is 583 g/mol. The number of ether oxygens (including phenoxy) is 1. The van der Waals surface area contributed by atoms with Crippen LogP contribution >= 0.6 is 0 Å². The van der Waals surface area contributed by atoms with Gasteiger partial charge in [-0.05, 0) is 36.8 Å². The average molecular weight is 584 g/mol. The number of amides is 3. The standard InChI is InChI=1S/C32H37N7O4/c1-22-29(24-13-14-33-27(19-24)31(41)34-15-17-40)37-39(25-11-7-4-8-12-25)30(22)36-32(42)35-28-21-38(16-18-43-2)20-26(28)23-9-5-3-6-10-23/h3-14,19,26,28,40H,15-18,20-21H2,1-2H3,(H,34,41)(H2,35,36,42)/t26-,28+/m0/s1. The maximum atomic E-state index is 13.6. The van der Waals surface area contributed by atoms with E-state index in [2.05, 4.69) is 38.0 Å². The summed E-state index contributed by atoms with van der Waals surface area (Å²) in [6.45, 7) is 4.79. The molecular weight excluding hydrogens is 546 g/mol. The van der Waals surface area contributed by atoms with E-state index in [1.165, 1.54) is 5.56 Å². The third-order valence-corrected chi connectivity index (χ3v) is 7.57. The van der Waals surface area contributed by atoms with E-state index < -0.39 is 5.91 Å². The lowest BCUT2D eigenvalue weighted by Gasteiger charge is -2.21. The molecule has 43 heavy (non-hydrogen) atoms. The van der Waals surface area contributed by atoms with Gasteiger partial charge in [0, 0.05) is 56.5 Å². The summed E-state index contributed by atoms with van der Waals surface area (Å²) in [4.78, 5) is 32.6. The highest BCUT2D eigenvalue weighted by atomic mass is 16.5. The van der Waals surface area contributed by atoms with Crippen molar-refractivity contribution in [3.8, 4) is 16.9 Å². The van der Waals surface area contributed by atoms with Crippen molar-refractivity contribution >= 4 is 17.8 Å². The number of carbonyl (C=O) groups is 2. The number of aliphatic hydroxyl groups excluding tert-OH is 1. The molecule has 3 amide bonds. The Kier molecular flexibility index (Phi) is 9.77. The third-order valence-electron chi connectivity index (χ3n) is 7.57. The Labute approximate surface area is 250 Å². The topological polar surface area (TPSA) is 134 Å². The zero-order chi connectivity index (χ0) is 30.2. The van der Waals surface area contributed by atoms with Crippen molar-refractivity contribution in [1.29, 1.82) is 0 Å². The molecule has 11 nitrogen and oxygen atoms in total. The molecule has 2 aromatic carbocycles. The Hall–Kier alpha value is -4.58. The second kappa shape index (κ2) is 14.1. The molecule has 0 aliphatic carbocycles. The summed E-state index contributed by atoms with van der Waals surface area (Å²) < 4.78 is 7.00. The highest BCUT2D eigenvalue weighted by molar-refractivity contribution is 5.94. The van der Waals surface area contributed by atoms with Crippen molar-refractivity contribution in [2.75, 3.05) is 51.8 Å². The van der Waals surface area contributed by atoms with Crippen molar-refractivity contribution < 1.29 is 19.4 Å². The number of likely N-dealkylation sites (tertiary alicyclic amines) is 1. The molecule has 2 atom stereocenters. The van der Waals surface area contributed by atoms with Crippen LogP contribution in [-0.2, 0) is 4.74 Å². The first-order valence-corrected chi connectivity index (χ1v) is 14.3. The van der Waals surface area contributed by atoms with E-state index in [-0.39, 0.29) is 36.8 Å². The molecule has 0 radical (unpaired) electrons. The average Bonchev–Trinajstić information content (AvgIpc) is 3.59. The minimum atomic E-state index is -0.391. The van der Waals surface area contributed by atoms with Gasteiger partial charge < -0.3 is 20.5 Å². The predicted molar refractivity (Wildman–Crippen MR) is 164 cm³/mol. The van der Waals surface area contributed by atoms with E-state index in [9.17, 15) is 9.59 Å². The molecule has 1 saturated heterocycles. The van der Waals surface area contributed by atoms with Gasteiger partial charge >= 0.3 is 6.03 Å². The Morgan fingerprint density at radius 2 is 1.79 bits per heavy atom. The zero-order valence-corrected chi connectivity index (χ0v) is 24.4. The van der Waals surface area contributed by atoms with Crippen molar-refractivity contribution in [2.24, 2.45) is 0 Å². The van der Waals surface area contributed by atoms with Gasteiger partial charge in [-0.3, -0.25) is 20.0 Å². The molecule has 0 spiro atoms. The SMILES string of the molecule is COCCN1C[C@@H](NC(=O)Nc2c(C)c(-c3ccnc(C(=O)NCCO)c3)nn2-c2ccccc2)[C@H](c2ccccc2)C1. The lowest BCUT2D eigenvalue weighted by atomic mass is 9.94. The Morgan fingerprint density at radius 1 is 1.05 bits per heavy atom. The second-order valence-corrected chi connectivity index (χ2v) is 10.5. The first-order chi connectivity index (χ1) is 21.0. The van der Waals surface area contributed by atoms with Gasteiger partial charge in [0.15, 0.2) is 0 Å². The summed E-state index contributed by atoms with van der Waals surface area (Å²) in [5.74, 6) is 0.261. The van der Waals surface area contributed by atoms with E-state index in [1.807, 2.05) is 55.5 Å². The number of rotatable bonds is 11. The van der Waals surface area contributed by atoms with Crippen molar-refractivity contribution in [1.82, 2.24) is 30.3 Å². The molecule has 0 saturated carbocycles. The number of carbonyl (C=O) groups excluding carboxylic acids is 2. The summed E-state index contributed by atoms with van der Waals surface area (Å²) in [6.07, 6.45) is 1.54. The minimum Gasteiger partial charge on any atom is -0.395 e. The molecule has 4 aromatic rings. The normalized spacial score (nSPS) is 16.6. The smallest absolute Gasteiger partial charge is 0.320 e. The van der Waals surface area contributed by atoms with Gasteiger partial charge in [-0.25, -0.2) is 9.48 Å². The van der Waals surface area contributed by atoms with Crippen LogP contribution in [0.3, 0.4) is 0 Å². The molecule has 4 N–H and O–H groups in total. The van der Waals surface area contributed by atoms with Gasteiger partial charge in [0.2, 0.25) is 0 Å². The first-order valence-electron chi connectivity index (χ1n) is 14.3. The number of pyridine rings is 1. The molecule has 224 valence electrons. The summed E-state index contributed by atoms with van der Waals surface area (Å²) >= 11 is 0. The number of hydrogen-bond acceptors (Lipinski definition) is 7. The van der Waals surface area contributed by atoms with E-state index in [0.717, 1.165) is 24.3 Å². The minimum absolute atomic E-state index is 0.104. The van der Waals surface area contributed by atoms with Gasteiger partial charge in [-0.15, -0.1) is 0 Å². The van der Waals surface area contributed by atoms with E-state index >= 15 is 0 Å². The number of benzene rings is 2. The first kappa shape index (κ1) is 29.9. The van der Waals surface area contributed by atoms with Crippen LogP contribution in [-0.4, -0.2) is 89.3 Å². The second-order valence-electron chi connectivity index (χ2n) is 10.5. The van der Waals surface area contributed by atoms with E-state index in [1.54, 1.807) is 30.1 Å². The van der Waals surface area contributed by atoms with E-state index in [0.29, 0.717) is 30.2 Å². The molecule has 1 aliphatic rings. The molecule has 2 aromatic heterocycles. The van der Waals surface area contributed by atoms with Crippen molar-refractivity contribution in [3.05, 3.63) is 95.8 Å². The lowest BCUT2D eigenvalue weighted by molar-refractivity contribution is 0.0940. The van der Waals surface area contributed by atoms with Gasteiger partial charge in [0.25, 0.3) is 5.91 Å². The number of para-hydroxylation sites is 1. The summed E-state index contributed by atoms with van der Waals surface area (Å²) in [5.41, 5.74) is 4.17. The highest BCUT2D eigenvalue weighted by Gasteiger charge is 2.35. The number of anilines is 1.